The molecule has 108 valence electrons. The van der Waals surface area contributed by atoms with Gasteiger partial charge in [0.1, 0.15) is 5.82 Å². The van der Waals surface area contributed by atoms with Gasteiger partial charge >= 0.3 is 0 Å². The van der Waals surface area contributed by atoms with E-state index in [1.807, 2.05) is 24.4 Å². The van der Waals surface area contributed by atoms with Crippen LogP contribution in [0, 0.1) is 0 Å². The summed E-state index contributed by atoms with van der Waals surface area (Å²) in [6, 6.07) is 5.32. The van der Waals surface area contributed by atoms with Crippen LogP contribution in [0.2, 0.25) is 0 Å². The molecule has 0 aliphatic rings. The zero-order valence-corrected chi connectivity index (χ0v) is 12.2. The number of amides is 1. The predicted molar refractivity (Wildman–Crippen MR) is 78.9 cm³/mol. The first kappa shape index (κ1) is 13.6. The minimum Gasteiger partial charge on any atom is -0.355 e. The second kappa shape index (κ2) is 5.92. The summed E-state index contributed by atoms with van der Waals surface area (Å²) < 4.78 is 5.21. The van der Waals surface area contributed by atoms with Crippen molar-refractivity contribution < 1.29 is 9.32 Å². The average molecular weight is 302 g/mol. The van der Waals surface area contributed by atoms with Crippen LogP contribution in [0.25, 0.3) is 10.6 Å². The fourth-order valence-corrected chi connectivity index (χ4v) is 2.65. The largest absolute Gasteiger partial charge is 0.355 e. The number of carbonyl (C=O) groups is 1. The monoisotopic (exact) mass is 302 g/mol. The Balaban J connectivity index is 1.73. The topological polar surface area (TPSA) is 83.8 Å². The van der Waals surface area contributed by atoms with Crippen LogP contribution in [0.3, 0.4) is 0 Å². The van der Waals surface area contributed by atoms with E-state index in [4.69, 9.17) is 4.52 Å². The van der Waals surface area contributed by atoms with Gasteiger partial charge in [-0.1, -0.05) is 18.1 Å². The lowest BCUT2D eigenvalue weighted by Gasteiger charge is -2.13. The molecule has 3 aromatic rings. The fraction of sp³-hybridized carbons (Fsp3) is 0.214. The van der Waals surface area contributed by atoms with Crippen LogP contribution in [-0.4, -0.2) is 21.0 Å². The molecule has 3 heterocycles. The second-order valence-corrected chi connectivity index (χ2v) is 5.41. The molecule has 2 N–H and O–H groups in total. The molecule has 0 saturated carbocycles. The lowest BCUT2D eigenvalue weighted by atomic mass is 10.2. The molecule has 1 amide bonds. The maximum Gasteiger partial charge on any atom is 0.274 e. The van der Waals surface area contributed by atoms with E-state index in [0.29, 0.717) is 5.76 Å². The highest BCUT2D eigenvalue weighted by Crippen LogP contribution is 2.25. The van der Waals surface area contributed by atoms with Gasteiger partial charge in [-0.15, -0.1) is 11.3 Å². The Morgan fingerprint density at radius 2 is 2.48 bits per heavy atom. The minimum atomic E-state index is -0.273. The van der Waals surface area contributed by atoms with Gasteiger partial charge in [-0.05, 0) is 17.9 Å². The van der Waals surface area contributed by atoms with Gasteiger partial charge in [0.25, 0.3) is 5.91 Å². The SMILES string of the molecule is CCC(NC(=O)c1cc(-c2cccs2)on1)c1ncc[nH]1. The van der Waals surface area contributed by atoms with Crippen molar-refractivity contribution in [2.75, 3.05) is 0 Å². The number of aromatic amines is 1. The van der Waals surface area contributed by atoms with Crippen molar-refractivity contribution in [3.63, 3.8) is 0 Å². The van der Waals surface area contributed by atoms with Crippen LogP contribution in [-0.2, 0) is 0 Å². The number of imidazole rings is 1. The Bertz CT molecular complexity index is 703. The minimum absolute atomic E-state index is 0.172. The van der Waals surface area contributed by atoms with Crippen LogP contribution >= 0.6 is 11.3 Å². The second-order valence-electron chi connectivity index (χ2n) is 4.46. The van der Waals surface area contributed by atoms with Crippen molar-refractivity contribution in [2.45, 2.75) is 19.4 Å². The number of carbonyl (C=O) groups excluding carboxylic acids is 1. The van der Waals surface area contributed by atoms with Crippen LogP contribution in [0.4, 0.5) is 0 Å². The van der Waals surface area contributed by atoms with Crippen molar-refractivity contribution in [3.8, 4) is 10.6 Å². The third-order valence-electron chi connectivity index (χ3n) is 3.07. The number of hydrogen-bond acceptors (Lipinski definition) is 5. The highest BCUT2D eigenvalue weighted by Gasteiger charge is 2.19. The Labute approximate surface area is 125 Å². The molecule has 21 heavy (non-hydrogen) atoms. The van der Waals surface area contributed by atoms with Gasteiger partial charge in [0.15, 0.2) is 11.5 Å². The molecule has 7 heteroatoms. The number of hydrogen-bond donors (Lipinski definition) is 2. The molecular weight excluding hydrogens is 288 g/mol. The third kappa shape index (κ3) is 2.87. The first-order chi connectivity index (χ1) is 10.3. The lowest BCUT2D eigenvalue weighted by molar-refractivity contribution is 0.0925. The molecule has 0 spiro atoms. The summed E-state index contributed by atoms with van der Waals surface area (Å²) in [5, 5.41) is 8.67. The highest BCUT2D eigenvalue weighted by atomic mass is 32.1. The molecule has 0 aliphatic carbocycles. The van der Waals surface area contributed by atoms with Crippen LogP contribution in [0.5, 0.6) is 0 Å². The van der Waals surface area contributed by atoms with Crippen molar-refractivity contribution in [3.05, 3.63) is 47.5 Å². The Morgan fingerprint density at radius 3 is 3.14 bits per heavy atom. The molecule has 1 unspecified atom stereocenters. The zero-order valence-electron chi connectivity index (χ0n) is 11.4. The van der Waals surface area contributed by atoms with E-state index in [9.17, 15) is 4.79 Å². The number of H-pyrrole nitrogens is 1. The van der Waals surface area contributed by atoms with E-state index in [1.54, 1.807) is 18.5 Å². The van der Waals surface area contributed by atoms with E-state index in [2.05, 4.69) is 20.4 Å². The van der Waals surface area contributed by atoms with E-state index in [1.165, 1.54) is 11.3 Å². The summed E-state index contributed by atoms with van der Waals surface area (Å²) in [5.41, 5.74) is 0.267. The zero-order chi connectivity index (χ0) is 14.7. The first-order valence-electron chi connectivity index (χ1n) is 6.58. The maximum atomic E-state index is 12.2. The van der Waals surface area contributed by atoms with E-state index >= 15 is 0 Å². The molecule has 3 rings (SSSR count). The molecule has 0 radical (unpaired) electrons. The van der Waals surface area contributed by atoms with Gasteiger partial charge in [-0.25, -0.2) is 4.98 Å². The molecule has 0 aromatic carbocycles. The molecule has 0 saturated heterocycles. The van der Waals surface area contributed by atoms with E-state index in [-0.39, 0.29) is 17.6 Å². The smallest absolute Gasteiger partial charge is 0.274 e. The van der Waals surface area contributed by atoms with Gasteiger partial charge in [0.2, 0.25) is 0 Å². The Kier molecular flexibility index (Phi) is 3.83. The molecule has 0 aliphatic heterocycles. The molecule has 6 nitrogen and oxygen atoms in total. The van der Waals surface area contributed by atoms with Gasteiger partial charge < -0.3 is 14.8 Å². The number of thiophene rings is 1. The molecule has 0 bridgehead atoms. The lowest BCUT2D eigenvalue weighted by Crippen LogP contribution is -2.29. The van der Waals surface area contributed by atoms with E-state index < -0.39 is 0 Å². The van der Waals surface area contributed by atoms with Gasteiger partial charge in [0.05, 0.1) is 10.9 Å². The van der Waals surface area contributed by atoms with Crippen molar-refractivity contribution >= 4 is 17.2 Å². The van der Waals surface area contributed by atoms with Gasteiger partial charge in [0, 0.05) is 18.5 Å². The van der Waals surface area contributed by atoms with Gasteiger partial charge in [-0.3, -0.25) is 4.79 Å². The summed E-state index contributed by atoms with van der Waals surface area (Å²) in [6.45, 7) is 1.98. The van der Waals surface area contributed by atoms with Crippen LogP contribution < -0.4 is 5.32 Å². The van der Waals surface area contributed by atoms with Gasteiger partial charge in [-0.2, -0.15) is 0 Å². The van der Waals surface area contributed by atoms with Crippen molar-refractivity contribution in [1.29, 1.82) is 0 Å². The molecule has 0 fully saturated rings. The molecular formula is C14H14N4O2S. The summed E-state index contributed by atoms with van der Waals surface area (Å²) >= 11 is 1.54. The van der Waals surface area contributed by atoms with Crippen LogP contribution in [0.1, 0.15) is 35.7 Å². The number of aromatic nitrogens is 3. The highest BCUT2D eigenvalue weighted by molar-refractivity contribution is 7.13. The number of nitrogens with zero attached hydrogens (tertiary/aromatic N) is 2. The first-order valence-corrected chi connectivity index (χ1v) is 7.46. The van der Waals surface area contributed by atoms with E-state index in [0.717, 1.165) is 17.1 Å². The summed E-state index contributed by atoms with van der Waals surface area (Å²) in [6.07, 6.45) is 4.12. The fourth-order valence-electron chi connectivity index (χ4n) is 1.98. The standard InChI is InChI=1S/C14H14N4O2S/c1-2-9(13-15-5-6-16-13)17-14(19)10-8-11(20-18-10)12-4-3-7-21-12/h3-9H,2H2,1H3,(H,15,16)(H,17,19). The average Bonchev–Trinajstić information content (AvgIpc) is 3.26. The number of rotatable bonds is 5. The Hall–Kier alpha value is -2.41. The third-order valence-corrected chi connectivity index (χ3v) is 3.95. The summed E-state index contributed by atoms with van der Waals surface area (Å²) in [5.74, 6) is 1.05. The normalized spacial score (nSPS) is 12.2. The summed E-state index contributed by atoms with van der Waals surface area (Å²) in [4.78, 5) is 20.3. The van der Waals surface area contributed by atoms with Crippen LogP contribution in [0.15, 0.2) is 40.5 Å². The Morgan fingerprint density at radius 1 is 1.57 bits per heavy atom. The summed E-state index contributed by atoms with van der Waals surface area (Å²) in [7, 11) is 0. The van der Waals surface area contributed by atoms with Crippen molar-refractivity contribution in [2.24, 2.45) is 0 Å². The number of nitrogens with one attached hydrogen (secondary N) is 2. The molecule has 1 atom stereocenters. The maximum absolute atomic E-state index is 12.2. The predicted octanol–water partition coefficient (Wildman–Crippen LogP) is 3.01. The van der Waals surface area contributed by atoms with Crippen molar-refractivity contribution in [1.82, 2.24) is 20.4 Å². The quantitative estimate of drug-likeness (QED) is 0.759. The molecule has 3 aromatic heterocycles.